The Labute approximate surface area is 117 Å². The summed E-state index contributed by atoms with van der Waals surface area (Å²) < 4.78 is 5.58. The molecule has 19 heavy (non-hydrogen) atoms. The van der Waals surface area contributed by atoms with E-state index >= 15 is 0 Å². The minimum absolute atomic E-state index is 0.166. The highest BCUT2D eigenvalue weighted by Gasteiger charge is 2.53. The van der Waals surface area contributed by atoms with Crippen LogP contribution >= 0.6 is 0 Å². The van der Waals surface area contributed by atoms with Crippen LogP contribution in [0, 0.1) is 23.2 Å². The van der Waals surface area contributed by atoms with Crippen molar-refractivity contribution < 1.29 is 9.53 Å². The number of Topliss-reactive ketones (excluding diaryl/α,β-unsaturated/α-hetero) is 1. The highest BCUT2D eigenvalue weighted by Crippen LogP contribution is 2.54. The number of fused-ring (bicyclic) bond motifs is 1. The van der Waals surface area contributed by atoms with Gasteiger partial charge in [-0.25, -0.2) is 0 Å². The van der Waals surface area contributed by atoms with Gasteiger partial charge in [-0.2, -0.15) is 0 Å². The number of carbonyl (C=O) groups excluding carboxylic acids is 1. The average molecular weight is 264 g/mol. The molecule has 0 radical (unpaired) electrons. The predicted molar refractivity (Wildman–Crippen MR) is 78.0 cm³/mol. The van der Waals surface area contributed by atoms with Crippen LogP contribution in [0.3, 0.4) is 0 Å². The maximum absolute atomic E-state index is 12.8. The van der Waals surface area contributed by atoms with E-state index in [9.17, 15) is 4.79 Å². The van der Waals surface area contributed by atoms with Gasteiger partial charge in [-0.3, -0.25) is 4.79 Å². The minimum atomic E-state index is -0.223. The Morgan fingerprint density at radius 1 is 1.42 bits per heavy atom. The lowest BCUT2D eigenvalue weighted by Gasteiger charge is -2.53. The summed E-state index contributed by atoms with van der Waals surface area (Å²) in [6, 6.07) is 0. The van der Waals surface area contributed by atoms with Crippen molar-refractivity contribution in [2.75, 3.05) is 7.11 Å². The van der Waals surface area contributed by atoms with Crippen LogP contribution in [0.2, 0.25) is 0 Å². The number of methoxy groups -OCH3 is 1. The summed E-state index contributed by atoms with van der Waals surface area (Å²) in [6.45, 7) is 8.86. The van der Waals surface area contributed by atoms with Crippen molar-refractivity contribution in [1.29, 1.82) is 0 Å². The molecule has 2 heteroatoms. The molecule has 0 aromatic heterocycles. The van der Waals surface area contributed by atoms with E-state index in [4.69, 9.17) is 4.74 Å². The maximum atomic E-state index is 12.8. The molecule has 2 aliphatic carbocycles. The standard InChI is InChI=1S/C17H28O2/c1-6-11(2)13-10-17(4)12(3)8-7-9-14(17)15(18)16(13)19-5/h6,12-14,16H,7-10H2,1-5H3. The Kier molecular flexibility index (Phi) is 4.20. The second-order valence-electron chi connectivity index (χ2n) is 6.79. The second kappa shape index (κ2) is 5.40. The molecule has 0 aromatic carbocycles. The fourth-order valence-electron chi connectivity index (χ4n) is 4.31. The molecule has 0 aromatic rings. The van der Waals surface area contributed by atoms with Gasteiger partial charge in [0.2, 0.25) is 0 Å². The first-order chi connectivity index (χ1) is 8.95. The van der Waals surface area contributed by atoms with Gasteiger partial charge in [0, 0.05) is 18.9 Å². The first kappa shape index (κ1) is 14.8. The molecule has 0 amide bonds. The fourth-order valence-corrected chi connectivity index (χ4v) is 4.31. The molecule has 5 atom stereocenters. The number of ketones is 1. The Balaban J connectivity index is 2.37. The van der Waals surface area contributed by atoms with Gasteiger partial charge in [0.25, 0.3) is 0 Å². The smallest absolute Gasteiger partial charge is 0.165 e. The van der Waals surface area contributed by atoms with Crippen LogP contribution in [0.15, 0.2) is 11.6 Å². The zero-order valence-electron chi connectivity index (χ0n) is 13.0. The van der Waals surface area contributed by atoms with E-state index in [0.29, 0.717) is 11.7 Å². The van der Waals surface area contributed by atoms with E-state index in [1.165, 1.54) is 18.4 Å². The molecule has 0 spiro atoms. The normalized spacial score (nSPS) is 44.1. The Morgan fingerprint density at radius 2 is 2.11 bits per heavy atom. The van der Waals surface area contributed by atoms with Crippen molar-refractivity contribution in [2.24, 2.45) is 23.2 Å². The fraction of sp³-hybridized carbons (Fsp3) is 0.824. The van der Waals surface area contributed by atoms with Crippen molar-refractivity contribution in [3.8, 4) is 0 Å². The van der Waals surface area contributed by atoms with Crippen LogP contribution < -0.4 is 0 Å². The van der Waals surface area contributed by atoms with Crippen LogP contribution in [0.25, 0.3) is 0 Å². The summed E-state index contributed by atoms with van der Waals surface area (Å²) in [7, 11) is 1.69. The van der Waals surface area contributed by atoms with Gasteiger partial charge in [-0.15, -0.1) is 0 Å². The van der Waals surface area contributed by atoms with Gasteiger partial charge >= 0.3 is 0 Å². The van der Waals surface area contributed by atoms with Crippen molar-refractivity contribution in [1.82, 2.24) is 0 Å². The van der Waals surface area contributed by atoms with E-state index in [0.717, 1.165) is 12.8 Å². The Hall–Kier alpha value is -0.630. The Bertz CT molecular complexity index is 385. The van der Waals surface area contributed by atoms with Crippen molar-refractivity contribution >= 4 is 5.78 Å². The zero-order chi connectivity index (χ0) is 14.2. The van der Waals surface area contributed by atoms with Gasteiger partial charge in [-0.1, -0.05) is 38.3 Å². The topological polar surface area (TPSA) is 26.3 Å². The molecular weight excluding hydrogens is 236 g/mol. The number of carbonyl (C=O) groups is 1. The molecule has 0 heterocycles. The molecule has 2 saturated carbocycles. The lowest BCUT2D eigenvalue weighted by Crippen LogP contribution is -2.54. The Morgan fingerprint density at radius 3 is 2.68 bits per heavy atom. The predicted octanol–water partition coefficient (Wildman–Crippen LogP) is 4.00. The maximum Gasteiger partial charge on any atom is 0.165 e. The summed E-state index contributed by atoms with van der Waals surface area (Å²) >= 11 is 0. The molecule has 0 aliphatic heterocycles. The third-order valence-electron chi connectivity index (χ3n) is 5.99. The third kappa shape index (κ3) is 2.29. The molecule has 108 valence electrons. The van der Waals surface area contributed by atoms with E-state index in [2.05, 4.69) is 33.8 Å². The minimum Gasteiger partial charge on any atom is -0.373 e. The van der Waals surface area contributed by atoms with Crippen molar-refractivity contribution in [2.45, 2.75) is 59.5 Å². The van der Waals surface area contributed by atoms with E-state index in [1.54, 1.807) is 7.11 Å². The highest BCUT2D eigenvalue weighted by molar-refractivity contribution is 5.88. The van der Waals surface area contributed by atoms with Crippen molar-refractivity contribution in [3.05, 3.63) is 11.6 Å². The molecule has 0 saturated heterocycles. The lowest BCUT2D eigenvalue weighted by atomic mass is 9.52. The van der Waals surface area contributed by atoms with Crippen LogP contribution in [0.4, 0.5) is 0 Å². The molecule has 0 N–H and O–H groups in total. The summed E-state index contributed by atoms with van der Waals surface area (Å²) in [4.78, 5) is 12.8. The number of hydrogen-bond acceptors (Lipinski definition) is 2. The molecule has 0 bridgehead atoms. The summed E-state index contributed by atoms with van der Waals surface area (Å²) in [5, 5.41) is 0. The molecule has 2 aliphatic rings. The summed E-state index contributed by atoms with van der Waals surface area (Å²) in [6.07, 6.45) is 6.53. The van der Waals surface area contributed by atoms with Crippen LogP contribution in [-0.4, -0.2) is 19.0 Å². The zero-order valence-corrected chi connectivity index (χ0v) is 13.0. The summed E-state index contributed by atoms with van der Waals surface area (Å²) in [5.74, 6) is 1.47. The number of allylic oxidation sites excluding steroid dienone is 1. The first-order valence-corrected chi connectivity index (χ1v) is 7.65. The van der Waals surface area contributed by atoms with Gasteiger partial charge in [-0.05, 0) is 38.0 Å². The average Bonchev–Trinajstić information content (AvgIpc) is 2.40. The van der Waals surface area contributed by atoms with E-state index in [-0.39, 0.29) is 23.4 Å². The lowest BCUT2D eigenvalue weighted by molar-refractivity contribution is -0.154. The van der Waals surface area contributed by atoms with Gasteiger partial charge in [0.15, 0.2) is 5.78 Å². The number of rotatable bonds is 2. The largest absolute Gasteiger partial charge is 0.373 e. The monoisotopic (exact) mass is 264 g/mol. The van der Waals surface area contributed by atoms with Crippen LogP contribution in [0.5, 0.6) is 0 Å². The summed E-state index contributed by atoms with van der Waals surface area (Å²) in [5.41, 5.74) is 1.47. The quantitative estimate of drug-likeness (QED) is 0.705. The van der Waals surface area contributed by atoms with Crippen LogP contribution in [0.1, 0.15) is 53.4 Å². The van der Waals surface area contributed by atoms with Crippen LogP contribution in [-0.2, 0) is 9.53 Å². The van der Waals surface area contributed by atoms with Gasteiger partial charge in [0.1, 0.15) is 6.10 Å². The molecule has 5 unspecified atom stereocenters. The molecular formula is C17H28O2. The van der Waals surface area contributed by atoms with E-state index in [1.807, 2.05) is 0 Å². The van der Waals surface area contributed by atoms with Crippen molar-refractivity contribution in [3.63, 3.8) is 0 Å². The van der Waals surface area contributed by atoms with E-state index < -0.39 is 0 Å². The second-order valence-corrected chi connectivity index (χ2v) is 6.79. The van der Waals surface area contributed by atoms with Gasteiger partial charge < -0.3 is 4.74 Å². The SMILES string of the molecule is CC=C(C)C1CC2(C)C(C)CCCC2C(=O)C1OC. The molecule has 2 rings (SSSR count). The van der Waals surface area contributed by atoms with Gasteiger partial charge in [0.05, 0.1) is 0 Å². The number of ether oxygens (including phenoxy) is 1. The number of hydrogen-bond donors (Lipinski definition) is 0. The molecule has 2 fully saturated rings. The third-order valence-corrected chi connectivity index (χ3v) is 5.99. The first-order valence-electron chi connectivity index (χ1n) is 7.65. The highest BCUT2D eigenvalue weighted by atomic mass is 16.5. The molecule has 2 nitrogen and oxygen atoms in total.